The fraction of sp³-hybridized carbons (Fsp3) is 0.273. The first-order valence-corrected chi connectivity index (χ1v) is 10.3. The molecular weight excluding hydrogens is 388 g/mol. The Labute approximate surface area is 173 Å². The van der Waals surface area contributed by atoms with Crippen molar-refractivity contribution in [3.63, 3.8) is 0 Å². The predicted octanol–water partition coefficient (Wildman–Crippen LogP) is 4.75. The Morgan fingerprint density at radius 3 is 2.14 bits per heavy atom. The van der Waals surface area contributed by atoms with Crippen LogP contribution in [0, 0.1) is 13.8 Å². The van der Waals surface area contributed by atoms with Crippen LogP contribution < -0.4 is 19.7 Å². The Bertz CT molecular complexity index is 1020. The summed E-state index contributed by atoms with van der Waals surface area (Å²) < 4.78 is 12.9. The zero-order valence-corrected chi connectivity index (χ0v) is 17.5. The molecule has 6 nitrogen and oxygen atoms in total. The molecule has 3 rings (SSSR count). The topological polar surface area (TPSA) is 69.6 Å². The van der Waals surface area contributed by atoms with Crippen molar-refractivity contribution < 1.29 is 14.3 Å². The zero-order valence-electron chi connectivity index (χ0n) is 16.7. The highest BCUT2D eigenvalue weighted by molar-refractivity contribution is 7.09. The van der Waals surface area contributed by atoms with Gasteiger partial charge in [-0.3, -0.25) is 9.59 Å². The number of benzene rings is 2. The van der Waals surface area contributed by atoms with Crippen molar-refractivity contribution in [1.29, 1.82) is 0 Å². The standard InChI is InChI=1S/C22H24N2O4S/c1-4-27-18-9-11-20(12-10-18)28-19-7-5-17(6-8-19)23-21(25)13-14-24-15(2)16(3)29-22(24)26/h5-12H,4,13-14H2,1-3H3,(H,23,25). The summed E-state index contributed by atoms with van der Waals surface area (Å²) in [5.41, 5.74) is 1.60. The molecule has 7 heteroatoms. The van der Waals surface area contributed by atoms with Gasteiger partial charge in [0.15, 0.2) is 0 Å². The highest BCUT2D eigenvalue weighted by Crippen LogP contribution is 2.25. The first-order valence-electron chi connectivity index (χ1n) is 9.43. The number of rotatable bonds is 8. The van der Waals surface area contributed by atoms with Gasteiger partial charge < -0.3 is 19.4 Å². The van der Waals surface area contributed by atoms with Crippen LogP contribution in [-0.4, -0.2) is 17.1 Å². The fourth-order valence-electron chi connectivity index (χ4n) is 2.80. The third kappa shape index (κ3) is 5.48. The SMILES string of the molecule is CCOc1ccc(Oc2ccc(NC(=O)CCn3c(C)c(C)sc3=O)cc2)cc1. The molecule has 29 heavy (non-hydrogen) atoms. The van der Waals surface area contributed by atoms with E-state index >= 15 is 0 Å². The molecule has 1 heterocycles. The number of ether oxygens (including phenoxy) is 2. The second-order valence-corrected chi connectivity index (χ2v) is 7.66. The number of hydrogen-bond donors (Lipinski definition) is 1. The van der Waals surface area contributed by atoms with Crippen molar-refractivity contribution in [1.82, 2.24) is 4.57 Å². The number of carbonyl (C=O) groups is 1. The van der Waals surface area contributed by atoms with Gasteiger partial charge in [0, 0.05) is 29.2 Å². The lowest BCUT2D eigenvalue weighted by atomic mass is 10.2. The van der Waals surface area contributed by atoms with Gasteiger partial charge in [-0.05, 0) is 69.3 Å². The molecule has 0 bridgehead atoms. The number of thiazole rings is 1. The van der Waals surface area contributed by atoms with Crippen LogP contribution in [0.15, 0.2) is 53.3 Å². The van der Waals surface area contributed by atoms with Crippen molar-refractivity contribution in [2.75, 3.05) is 11.9 Å². The number of hydrogen-bond acceptors (Lipinski definition) is 5. The van der Waals surface area contributed by atoms with E-state index in [0.717, 1.165) is 16.3 Å². The van der Waals surface area contributed by atoms with Crippen LogP contribution in [0.25, 0.3) is 0 Å². The molecule has 3 aromatic rings. The van der Waals surface area contributed by atoms with Crippen molar-refractivity contribution in [2.45, 2.75) is 33.7 Å². The van der Waals surface area contributed by atoms with Crippen LogP contribution in [0.5, 0.6) is 17.2 Å². The second-order valence-electron chi connectivity index (χ2n) is 6.49. The third-order valence-corrected chi connectivity index (χ3v) is 5.44. The van der Waals surface area contributed by atoms with E-state index in [9.17, 15) is 9.59 Å². The van der Waals surface area contributed by atoms with E-state index in [1.165, 1.54) is 11.3 Å². The molecule has 0 saturated heterocycles. The van der Waals surface area contributed by atoms with E-state index in [4.69, 9.17) is 9.47 Å². The minimum absolute atomic E-state index is 0.0245. The predicted molar refractivity (Wildman–Crippen MR) is 115 cm³/mol. The minimum Gasteiger partial charge on any atom is -0.494 e. The first kappa shape index (κ1) is 20.7. The number of amides is 1. The first-order chi connectivity index (χ1) is 14.0. The molecular formula is C22H24N2O4S. The van der Waals surface area contributed by atoms with Crippen LogP contribution >= 0.6 is 11.3 Å². The van der Waals surface area contributed by atoms with Gasteiger partial charge in [0.1, 0.15) is 17.2 Å². The molecule has 1 aromatic heterocycles. The van der Waals surface area contributed by atoms with Crippen LogP contribution in [0.3, 0.4) is 0 Å². The van der Waals surface area contributed by atoms with Gasteiger partial charge in [-0.1, -0.05) is 11.3 Å². The normalized spacial score (nSPS) is 10.6. The summed E-state index contributed by atoms with van der Waals surface area (Å²) in [5.74, 6) is 2.04. The monoisotopic (exact) mass is 412 g/mol. The summed E-state index contributed by atoms with van der Waals surface area (Å²) in [4.78, 5) is 25.1. The molecule has 152 valence electrons. The van der Waals surface area contributed by atoms with Crippen LogP contribution in [0.2, 0.25) is 0 Å². The smallest absolute Gasteiger partial charge is 0.307 e. The van der Waals surface area contributed by atoms with Crippen molar-refractivity contribution in [3.8, 4) is 17.2 Å². The maximum Gasteiger partial charge on any atom is 0.307 e. The van der Waals surface area contributed by atoms with Crippen molar-refractivity contribution >= 4 is 22.9 Å². The quantitative estimate of drug-likeness (QED) is 0.580. The average molecular weight is 413 g/mol. The van der Waals surface area contributed by atoms with E-state index in [2.05, 4.69) is 5.32 Å². The molecule has 0 aliphatic heterocycles. The largest absolute Gasteiger partial charge is 0.494 e. The minimum atomic E-state index is -0.139. The van der Waals surface area contributed by atoms with Gasteiger partial charge in [0.05, 0.1) is 6.61 Å². The van der Waals surface area contributed by atoms with Gasteiger partial charge in [-0.2, -0.15) is 0 Å². The summed E-state index contributed by atoms with van der Waals surface area (Å²) in [7, 11) is 0. The summed E-state index contributed by atoms with van der Waals surface area (Å²) in [6.07, 6.45) is 0.237. The number of anilines is 1. The van der Waals surface area contributed by atoms with Crippen LogP contribution in [0.1, 0.15) is 23.9 Å². The molecule has 0 aliphatic rings. The maximum atomic E-state index is 12.2. The number of carbonyl (C=O) groups excluding carboxylic acids is 1. The number of nitrogens with zero attached hydrogens (tertiary/aromatic N) is 1. The molecule has 0 unspecified atom stereocenters. The van der Waals surface area contributed by atoms with Gasteiger partial charge in [-0.25, -0.2) is 0 Å². The Hall–Kier alpha value is -3.06. The van der Waals surface area contributed by atoms with Crippen LogP contribution in [0.4, 0.5) is 5.69 Å². The van der Waals surface area contributed by atoms with E-state index in [1.54, 1.807) is 28.8 Å². The summed E-state index contributed by atoms with van der Waals surface area (Å²) in [5, 5.41) is 2.85. The van der Waals surface area contributed by atoms with Crippen molar-refractivity contribution in [3.05, 3.63) is 68.8 Å². The average Bonchev–Trinajstić information content (AvgIpc) is 2.95. The summed E-state index contributed by atoms with van der Waals surface area (Å²) in [6, 6.07) is 14.6. The van der Waals surface area contributed by atoms with Gasteiger partial charge in [0.25, 0.3) is 0 Å². The maximum absolute atomic E-state index is 12.2. The molecule has 0 fully saturated rings. The van der Waals surface area contributed by atoms with Gasteiger partial charge in [0.2, 0.25) is 5.91 Å². The number of aromatic nitrogens is 1. The third-order valence-electron chi connectivity index (χ3n) is 4.45. The number of aryl methyl sites for hydroxylation is 1. The van der Waals surface area contributed by atoms with E-state index in [-0.39, 0.29) is 17.2 Å². The van der Waals surface area contributed by atoms with E-state index < -0.39 is 0 Å². The van der Waals surface area contributed by atoms with E-state index in [0.29, 0.717) is 30.3 Å². The Kier molecular flexibility index (Phi) is 6.72. The van der Waals surface area contributed by atoms with Gasteiger partial charge >= 0.3 is 4.87 Å². The summed E-state index contributed by atoms with van der Waals surface area (Å²) >= 11 is 1.21. The zero-order chi connectivity index (χ0) is 20.8. The Balaban J connectivity index is 1.53. The highest BCUT2D eigenvalue weighted by Gasteiger charge is 2.10. The number of nitrogens with one attached hydrogen (secondary N) is 1. The summed E-state index contributed by atoms with van der Waals surface area (Å²) in [6.45, 7) is 6.74. The molecule has 1 amide bonds. The Morgan fingerprint density at radius 2 is 1.59 bits per heavy atom. The van der Waals surface area contributed by atoms with Gasteiger partial charge in [-0.15, -0.1) is 0 Å². The Morgan fingerprint density at radius 1 is 1.00 bits per heavy atom. The molecule has 0 spiro atoms. The molecule has 0 aliphatic carbocycles. The second kappa shape index (κ2) is 9.43. The van der Waals surface area contributed by atoms with Crippen LogP contribution in [-0.2, 0) is 11.3 Å². The molecule has 0 radical (unpaired) electrons. The lowest BCUT2D eigenvalue weighted by Gasteiger charge is -2.09. The highest BCUT2D eigenvalue weighted by atomic mass is 32.1. The molecule has 2 aromatic carbocycles. The van der Waals surface area contributed by atoms with E-state index in [1.807, 2.05) is 45.0 Å². The molecule has 0 saturated carbocycles. The molecule has 1 N–H and O–H groups in total. The lowest BCUT2D eigenvalue weighted by molar-refractivity contribution is -0.116. The van der Waals surface area contributed by atoms with Crippen molar-refractivity contribution in [2.24, 2.45) is 0 Å². The lowest BCUT2D eigenvalue weighted by Crippen LogP contribution is -2.20. The molecule has 0 atom stereocenters. The fourth-order valence-corrected chi connectivity index (χ4v) is 3.65.